The lowest BCUT2D eigenvalue weighted by Gasteiger charge is -2.28. The fourth-order valence-electron chi connectivity index (χ4n) is 4.24. The number of benzene rings is 3. The van der Waals surface area contributed by atoms with Crippen LogP contribution in [0, 0.1) is 0 Å². The van der Waals surface area contributed by atoms with E-state index in [0.717, 1.165) is 16.7 Å². The lowest BCUT2D eigenvalue weighted by atomic mass is 9.89. The summed E-state index contributed by atoms with van der Waals surface area (Å²) in [6.07, 6.45) is -1.04. The summed E-state index contributed by atoms with van der Waals surface area (Å²) in [7, 11) is -3.96. The third-order valence-electron chi connectivity index (χ3n) is 6.25. The SMILES string of the molecule is CC(C)c1cc(C(C)C)c(S(=O)(=O)N[C@@H](c2ccccc2)[C@H](O)c2ccccc2)c(C(C)C)c1. The van der Waals surface area contributed by atoms with Crippen LogP contribution in [0.3, 0.4) is 0 Å². The van der Waals surface area contributed by atoms with Crippen LogP contribution in [0.2, 0.25) is 0 Å². The van der Waals surface area contributed by atoms with E-state index in [1.54, 1.807) is 0 Å². The molecular weight excluding hydrogens is 442 g/mol. The Morgan fingerprint density at radius 3 is 1.50 bits per heavy atom. The second-order valence-electron chi connectivity index (χ2n) is 9.86. The lowest BCUT2D eigenvalue weighted by Crippen LogP contribution is -2.34. The highest BCUT2D eigenvalue weighted by Gasteiger charge is 2.32. The predicted octanol–water partition coefficient (Wildman–Crippen LogP) is 6.81. The third kappa shape index (κ3) is 5.77. The summed E-state index contributed by atoms with van der Waals surface area (Å²) < 4.78 is 31.0. The van der Waals surface area contributed by atoms with Gasteiger partial charge in [0.05, 0.1) is 17.0 Å². The van der Waals surface area contributed by atoms with Crippen molar-refractivity contribution in [2.75, 3.05) is 0 Å². The number of sulfonamides is 1. The van der Waals surface area contributed by atoms with Crippen molar-refractivity contribution in [1.29, 1.82) is 0 Å². The van der Waals surface area contributed by atoms with Crippen LogP contribution in [-0.2, 0) is 10.0 Å². The first kappa shape index (κ1) is 26.1. The summed E-state index contributed by atoms with van der Waals surface area (Å²) in [4.78, 5) is 0.336. The van der Waals surface area contributed by atoms with Gasteiger partial charge in [-0.25, -0.2) is 13.1 Å². The Labute approximate surface area is 205 Å². The third-order valence-corrected chi connectivity index (χ3v) is 7.82. The molecule has 5 heteroatoms. The molecule has 3 aromatic rings. The van der Waals surface area contributed by atoms with Gasteiger partial charge in [0.2, 0.25) is 10.0 Å². The van der Waals surface area contributed by atoms with E-state index >= 15 is 0 Å². The molecule has 0 unspecified atom stereocenters. The summed E-state index contributed by atoms with van der Waals surface area (Å²) >= 11 is 0. The Hall–Kier alpha value is -2.47. The standard InChI is InChI=1S/C29H37NO3S/c1-19(2)24-17-25(20(3)4)29(26(18-24)21(5)6)34(32,33)30-27(22-13-9-7-10-14-22)28(31)23-15-11-8-12-16-23/h7-21,27-28,30-31H,1-6H3/t27-,28+/m0/s1. The molecule has 0 aliphatic carbocycles. The average molecular weight is 480 g/mol. The molecule has 0 aliphatic heterocycles. The molecule has 0 saturated heterocycles. The monoisotopic (exact) mass is 479 g/mol. The van der Waals surface area contributed by atoms with Crippen molar-refractivity contribution in [2.24, 2.45) is 0 Å². The van der Waals surface area contributed by atoms with Gasteiger partial charge in [0.15, 0.2) is 0 Å². The molecule has 0 saturated carbocycles. The summed E-state index contributed by atoms with van der Waals surface area (Å²) in [5, 5.41) is 11.3. The highest BCUT2D eigenvalue weighted by atomic mass is 32.2. The molecule has 3 rings (SSSR count). The maximum atomic E-state index is 14.1. The molecule has 0 aliphatic rings. The first-order valence-corrected chi connectivity index (χ1v) is 13.5. The van der Waals surface area contributed by atoms with E-state index in [0.29, 0.717) is 16.0 Å². The first-order valence-electron chi connectivity index (χ1n) is 12.0. The summed E-state index contributed by atoms with van der Waals surface area (Å²) in [5.41, 5.74) is 4.11. The quantitative estimate of drug-likeness (QED) is 0.354. The van der Waals surface area contributed by atoms with Crippen molar-refractivity contribution in [3.8, 4) is 0 Å². The molecule has 0 radical (unpaired) electrons. The number of rotatable bonds is 9. The van der Waals surface area contributed by atoms with Gasteiger partial charge in [-0.15, -0.1) is 0 Å². The average Bonchev–Trinajstić information content (AvgIpc) is 2.82. The van der Waals surface area contributed by atoms with E-state index in [1.165, 1.54) is 0 Å². The molecular formula is C29H37NO3S. The molecule has 0 fully saturated rings. The van der Waals surface area contributed by atoms with Crippen LogP contribution >= 0.6 is 0 Å². The van der Waals surface area contributed by atoms with Crippen LogP contribution in [0.4, 0.5) is 0 Å². The number of hydrogen-bond acceptors (Lipinski definition) is 3. The summed E-state index contributed by atoms with van der Waals surface area (Å²) in [5.74, 6) is 0.339. The van der Waals surface area contributed by atoms with Crippen LogP contribution < -0.4 is 4.72 Å². The highest BCUT2D eigenvalue weighted by molar-refractivity contribution is 7.89. The van der Waals surface area contributed by atoms with Crippen molar-refractivity contribution in [3.05, 3.63) is 101 Å². The zero-order valence-electron chi connectivity index (χ0n) is 21.0. The normalized spacial score (nSPS) is 14.1. The Morgan fingerprint density at radius 1 is 0.647 bits per heavy atom. The Balaban J connectivity index is 2.17. The lowest BCUT2D eigenvalue weighted by molar-refractivity contribution is 0.139. The number of aliphatic hydroxyl groups is 1. The molecule has 0 bridgehead atoms. The Bertz CT molecular complexity index is 1160. The van der Waals surface area contributed by atoms with Gasteiger partial charge in [-0.05, 0) is 45.6 Å². The second-order valence-corrected chi connectivity index (χ2v) is 11.5. The van der Waals surface area contributed by atoms with Gasteiger partial charge < -0.3 is 5.11 Å². The number of hydrogen-bond donors (Lipinski definition) is 2. The van der Waals surface area contributed by atoms with Crippen LogP contribution in [-0.4, -0.2) is 13.5 Å². The van der Waals surface area contributed by atoms with Crippen molar-refractivity contribution >= 4 is 10.0 Å². The summed E-state index contributed by atoms with van der Waals surface area (Å²) in [6, 6.07) is 21.7. The smallest absolute Gasteiger partial charge is 0.241 e. The van der Waals surface area contributed by atoms with Gasteiger partial charge in [0.1, 0.15) is 0 Å². The predicted molar refractivity (Wildman–Crippen MR) is 140 cm³/mol. The minimum absolute atomic E-state index is 0.0250. The van der Waals surface area contributed by atoms with Crippen molar-refractivity contribution in [3.63, 3.8) is 0 Å². The minimum Gasteiger partial charge on any atom is -0.386 e. The molecule has 34 heavy (non-hydrogen) atoms. The molecule has 182 valence electrons. The first-order chi connectivity index (χ1) is 16.0. The largest absolute Gasteiger partial charge is 0.386 e. The number of nitrogens with one attached hydrogen (secondary N) is 1. The van der Waals surface area contributed by atoms with Gasteiger partial charge >= 0.3 is 0 Å². The van der Waals surface area contributed by atoms with Crippen molar-refractivity contribution in [2.45, 2.75) is 76.3 Å². The number of aliphatic hydroxyl groups excluding tert-OH is 1. The molecule has 4 nitrogen and oxygen atoms in total. The molecule has 0 aromatic heterocycles. The van der Waals surface area contributed by atoms with E-state index in [9.17, 15) is 13.5 Å². The van der Waals surface area contributed by atoms with Gasteiger partial charge in [0.25, 0.3) is 0 Å². The minimum atomic E-state index is -3.96. The van der Waals surface area contributed by atoms with Crippen molar-refractivity contribution < 1.29 is 13.5 Å². The maximum absolute atomic E-state index is 14.1. The second kappa shape index (κ2) is 10.9. The molecule has 2 atom stereocenters. The van der Waals surface area contributed by atoms with E-state index in [1.807, 2.05) is 100 Å². The van der Waals surface area contributed by atoms with E-state index < -0.39 is 22.2 Å². The Morgan fingerprint density at radius 2 is 1.09 bits per heavy atom. The topological polar surface area (TPSA) is 66.4 Å². The van der Waals surface area contributed by atoms with Crippen LogP contribution in [0.1, 0.15) is 99.3 Å². The molecule has 0 spiro atoms. The van der Waals surface area contributed by atoms with E-state index in [-0.39, 0.29) is 17.8 Å². The Kier molecular flexibility index (Phi) is 8.34. The van der Waals surface area contributed by atoms with Crippen LogP contribution in [0.5, 0.6) is 0 Å². The fraction of sp³-hybridized carbons (Fsp3) is 0.379. The van der Waals surface area contributed by atoms with Gasteiger partial charge in [0, 0.05) is 0 Å². The molecule has 2 N–H and O–H groups in total. The van der Waals surface area contributed by atoms with Crippen LogP contribution in [0.15, 0.2) is 77.7 Å². The molecule has 0 heterocycles. The zero-order chi connectivity index (χ0) is 25.0. The van der Waals surface area contributed by atoms with Gasteiger partial charge in [-0.2, -0.15) is 0 Å². The van der Waals surface area contributed by atoms with E-state index in [4.69, 9.17) is 0 Å². The van der Waals surface area contributed by atoms with E-state index in [2.05, 4.69) is 18.6 Å². The highest BCUT2D eigenvalue weighted by Crippen LogP contribution is 2.37. The zero-order valence-corrected chi connectivity index (χ0v) is 21.8. The molecule has 3 aromatic carbocycles. The molecule has 0 amide bonds. The summed E-state index contributed by atoms with van der Waals surface area (Å²) in [6.45, 7) is 12.3. The fourth-order valence-corrected chi connectivity index (χ4v) is 6.17. The van der Waals surface area contributed by atoms with Gasteiger partial charge in [-0.3, -0.25) is 0 Å². The van der Waals surface area contributed by atoms with Crippen LogP contribution in [0.25, 0.3) is 0 Å². The van der Waals surface area contributed by atoms with Gasteiger partial charge in [-0.1, -0.05) is 114 Å². The van der Waals surface area contributed by atoms with Crippen molar-refractivity contribution in [1.82, 2.24) is 4.72 Å². The maximum Gasteiger partial charge on any atom is 0.241 e.